The first-order valence-corrected chi connectivity index (χ1v) is 18.4. The number of hydrogen-bond donors (Lipinski definition) is 0. The Morgan fingerprint density at radius 2 is 0.870 bits per heavy atom. The van der Waals surface area contributed by atoms with Gasteiger partial charge in [0.15, 0.2) is 5.82 Å². The Kier molecular flexibility index (Phi) is 6.02. The molecule has 0 saturated heterocycles. The van der Waals surface area contributed by atoms with E-state index in [1.807, 2.05) is 12.1 Å². The van der Waals surface area contributed by atoms with Crippen molar-refractivity contribution in [2.75, 3.05) is 0 Å². The Balaban J connectivity index is 1.20. The van der Waals surface area contributed by atoms with Crippen LogP contribution in [0.15, 0.2) is 182 Å². The standard InChI is InChI=1S/C50H30N4/c1-2-13-33-29-47-42(28-32(33)12-1)41-26-24-36(53-45-19-9-5-15-39(45)40-16-6-10-20-46(40)53)30-48(41)54(47)50-49(51-43-17-7-8-18-44(43)52-50)35-23-25-38-34(27-35)22-21-31-11-3-4-14-37(31)38/h1-30H. The molecule has 0 radical (unpaired) electrons. The van der Waals surface area contributed by atoms with E-state index in [9.17, 15) is 0 Å². The second kappa shape index (κ2) is 11.1. The van der Waals surface area contributed by atoms with Gasteiger partial charge in [0, 0.05) is 32.8 Å². The first-order chi connectivity index (χ1) is 26.8. The predicted octanol–water partition coefficient (Wildman–Crippen LogP) is 13.0. The molecule has 0 saturated carbocycles. The lowest BCUT2D eigenvalue weighted by Gasteiger charge is -2.15. The SMILES string of the molecule is c1ccc2cc3c(cc2c1)c1ccc(-n2c4ccccc4c4ccccc42)cc1n3-c1nc2ccccc2nc1-c1ccc2c(ccc3ccccc32)c1. The molecule has 12 rings (SSSR count). The molecule has 0 aliphatic heterocycles. The Labute approximate surface area is 309 Å². The number of para-hydroxylation sites is 4. The number of fused-ring (bicyclic) bond motifs is 11. The number of rotatable bonds is 3. The molecule has 54 heavy (non-hydrogen) atoms. The molecule has 4 nitrogen and oxygen atoms in total. The fourth-order valence-corrected chi connectivity index (χ4v) is 8.76. The highest BCUT2D eigenvalue weighted by Gasteiger charge is 2.22. The minimum atomic E-state index is 0.809. The van der Waals surface area contributed by atoms with Crippen LogP contribution in [-0.2, 0) is 0 Å². The second-order valence-electron chi connectivity index (χ2n) is 14.2. The van der Waals surface area contributed by atoms with Crippen molar-refractivity contribution in [3.63, 3.8) is 0 Å². The third-order valence-corrected chi connectivity index (χ3v) is 11.2. The summed E-state index contributed by atoms with van der Waals surface area (Å²) in [6.07, 6.45) is 0. The second-order valence-corrected chi connectivity index (χ2v) is 14.2. The van der Waals surface area contributed by atoms with Crippen molar-refractivity contribution >= 4 is 87.0 Å². The van der Waals surface area contributed by atoms with Crippen molar-refractivity contribution in [2.24, 2.45) is 0 Å². The fourth-order valence-electron chi connectivity index (χ4n) is 8.76. The monoisotopic (exact) mass is 686 g/mol. The lowest BCUT2D eigenvalue weighted by atomic mass is 9.99. The van der Waals surface area contributed by atoms with Gasteiger partial charge in [-0.1, -0.05) is 127 Å². The van der Waals surface area contributed by atoms with Crippen LogP contribution in [0.1, 0.15) is 0 Å². The molecular weight excluding hydrogens is 657 g/mol. The molecule has 0 aliphatic carbocycles. The lowest BCUT2D eigenvalue weighted by Crippen LogP contribution is -2.04. The van der Waals surface area contributed by atoms with Crippen LogP contribution < -0.4 is 0 Å². The van der Waals surface area contributed by atoms with Gasteiger partial charge in [0.2, 0.25) is 0 Å². The van der Waals surface area contributed by atoms with Crippen LogP contribution in [0.5, 0.6) is 0 Å². The number of hydrogen-bond acceptors (Lipinski definition) is 2. The van der Waals surface area contributed by atoms with Crippen molar-refractivity contribution in [3.8, 4) is 22.8 Å². The Hall–Kier alpha value is -7.30. The normalized spacial score (nSPS) is 12.1. The molecule has 3 aromatic heterocycles. The van der Waals surface area contributed by atoms with Gasteiger partial charge in [-0.2, -0.15) is 0 Å². The largest absolute Gasteiger partial charge is 0.309 e. The maximum absolute atomic E-state index is 5.49. The Morgan fingerprint density at radius 1 is 0.315 bits per heavy atom. The lowest BCUT2D eigenvalue weighted by molar-refractivity contribution is 1.08. The van der Waals surface area contributed by atoms with Crippen LogP contribution in [0.25, 0.3) is 110 Å². The van der Waals surface area contributed by atoms with Gasteiger partial charge in [0.25, 0.3) is 0 Å². The van der Waals surface area contributed by atoms with Crippen molar-refractivity contribution in [2.45, 2.75) is 0 Å². The smallest absolute Gasteiger partial charge is 0.165 e. The minimum Gasteiger partial charge on any atom is -0.309 e. The zero-order valence-corrected chi connectivity index (χ0v) is 29.1. The van der Waals surface area contributed by atoms with Crippen molar-refractivity contribution < 1.29 is 0 Å². The van der Waals surface area contributed by atoms with Gasteiger partial charge in [-0.05, 0) is 86.9 Å². The summed E-state index contributed by atoms with van der Waals surface area (Å²) in [7, 11) is 0. The van der Waals surface area contributed by atoms with Crippen LogP contribution in [0.3, 0.4) is 0 Å². The first kappa shape index (κ1) is 29.3. The average molecular weight is 687 g/mol. The van der Waals surface area contributed by atoms with Crippen LogP contribution in [0.4, 0.5) is 0 Å². The number of aromatic nitrogens is 4. The van der Waals surface area contributed by atoms with E-state index >= 15 is 0 Å². The Bertz CT molecular complexity index is 3460. The molecule has 0 aliphatic rings. The van der Waals surface area contributed by atoms with E-state index in [0.29, 0.717) is 0 Å². The summed E-state index contributed by atoms with van der Waals surface area (Å²) in [5, 5.41) is 12.1. The molecule has 3 heterocycles. The summed E-state index contributed by atoms with van der Waals surface area (Å²) < 4.78 is 4.75. The van der Waals surface area contributed by atoms with Crippen LogP contribution in [-0.4, -0.2) is 19.1 Å². The van der Waals surface area contributed by atoms with E-state index in [1.54, 1.807) is 0 Å². The summed E-state index contributed by atoms with van der Waals surface area (Å²) in [4.78, 5) is 10.9. The summed E-state index contributed by atoms with van der Waals surface area (Å²) in [6, 6.07) is 65.5. The molecule has 0 spiro atoms. The molecule has 0 atom stereocenters. The van der Waals surface area contributed by atoms with E-state index in [0.717, 1.165) is 44.8 Å². The van der Waals surface area contributed by atoms with Gasteiger partial charge in [-0.3, -0.25) is 4.57 Å². The molecular formula is C50H30N4. The van der Waals surface area contributed by atoms with Crippen LogP contribution in [0.2, 0.25) is 0 Å². The number of benzene rings is 9. The maximum Gasteiger partial charge on any atom is 0.165 e. The van der Waals surface area contributed by atoms with E-state index in [2.05, 4.69) is 179 Å². The van der Waals surface area contributed by atoms with Gasteiger partial charge in [-0.25, -0.2) is 9.97 Å². The zero-order valence-electron chi connectivity index (χ0n) is 29.1. The molecule has 0 N–H and O–H groups in total. The quantitative estimate of drug-likeness (QED) is 0.173. The van der Waals surface area contributed by atoms with Gasteiger partial charge >= 0.3 is 0 Å². The minimum absolute atomic E-state index is 0.809. The first-order valence-electron chi connectivity index (χ1n) is 18.4. The molecule has 12 aromatic rings. The highest BCUT2D eigenvalue weighted by molar-refractivity contribution is 6.15. The molecule has 0 unspecified atom stereocenters. The highest BCUT2D eigenvalue weighted by atomic mass is 15.1. The third kappa shape index (κ3) is 4.19. The topological polar surface area (TPSA) is 35.6 Å². The summed E-state index contributed by atoms with van der Waals surface area (Å²) in [5.74, 6) is 0.809. The molecule has 9 aromatic carbocycles. The van der Waals surface area contributed by atoms with Crippen LogP contribution >= 0.6 is 0 Å². The van der Waals surface area contributed by atoms with Gasteiger partial charge in [-0.15, -0.1) is 0 Å². The molecule has 0 bridgehead atoms. The molecule has 0 fully saturated rings. The van der Waals surface area contributed by atoms with Gasteiger partial charge in [0.1, 0.15) is 5.69 Å². The number of nitrogens with zero attached hydrogens (tertiary/aromatic N) is 4. The van der Waals surface area contributed by atoms with E-state index in [1.165, 1.54) is 64.9 Å². The van der Waals surface area contributed by atoms with Crippen molar-refractivity contribution in [1.29, 1.82) is 0 Å². The summed E-state index contributed by atoms with van der Waals surface area (Å²) in [5.41, 5.74) is 9.24. The van der Waals surface area contributed by atoms with E-state index in [4.69, 9.17) is 9.97 Å². The van der Waals surface area contributed by atoms with Gasteiger partial charge in [0.05, 0.1) is 33.1 Å². The molecule has 250 valence electrons. The molecule has 0 amide bonds. The fraction of sp³-hybridized carbons (Fsp3) is 0. The Morgan fingerprint density at radius 3 is 1.65 bits per heavy atom. The van der Waals surface area contributed by atoms with Crippen LogP contribution in [0, 0.1) is 0 Å². The van der Waals surface area contributed by atoms with Crippen molar-refractivity contribution in [3.05, 3.63) is 182 Å². The van der Waals surface area contributed by atoms with E-state index in [-0.39, 0.29) is 0 Å². The van der Waals surface area contributed by atoms with Crippen molar-refractivity contribution in [1.82, 2.24) is 19.1 Å². The highest BCUT2D eigenvalue weighted by Crippen LogP contribution is 2.40. The van der Waals surface area contributed by atoms with E-state index < -0.39 is 0 Å². The maximum atomic E-state index is 5.49. The summed E-state index contributed by atoms with van der Waals surface area (Å²) >= 11 is 0. The van der Waals surface area contributed by atoms with Gasteiger partial charge < -0.3 is 4.57 Å². The molecule has 4 heteroatoms. The zero-order chi connectivity index (χ0) is 35.3. The predicted molar refractivity (Wildman–Crippen MR) is 226 cm³/mol. The third-order valence-electron chi connectivity index (χ3n) is 11.2. The average Bonchev–Trinajstić information content (AvgIpc) is 3.74. The summed E-state index contributed by atoms with van der Waals surface area (Å²) in [6.45, 7) is 0.